The summed E-state index contributed by atoms with van der Waals surface area (Å²) >= 11 is 0.913. The molecule has 0 fully saturated rings. The summed E-state index contributed by atoms with van der Waals surface area (Å²) in [6.07, 6.45) is -2.15. The number of allylic oxidation sites excluding steroid dienone is 2. The number of nitro groups is 1. The van der Waals surface area contributed by atoms with Crippen molar-refractivity contribution in [2.24, 2.45) is 5.16 Å². The van der Waals surface area contributed by atoms with Crippen molar-refractivity contribution in [3.63, 3.8) is 0 Å². The number of rotatable bonds is 6. The van der Waals surface area contributed by atoms with E-state index in [1.165, 1.54) is 19.1 Å². The van der Waals surface area contributed by atoms with Crippen LogP contribution in [0, 0.1) is 10.1 Å². The standard InChI is InChI=1S/C20H13F3N2O6S2/c1-12(26)19(13-5-3-2-4-6-13)17-7-8-18(32-17)24-31-33(29,30)16-10-14(20(21,22)23)9-15(11-16)25(27)28/h2-11H,1H3. The molecule has 0 unspecified atom stereocenters. The second kappa shape index (κ2) is 9.19. The predicted octanol–water partition coefficient (Wildman–Crippen LogP) is 4.94. The average molecular weight is 498 g/mol. The molecule has 33 heavy (non-hydrogen) atoms. The first-order valence-electron chi connectivity index (χ1n) is 8.93. The van der Waals surface area contributed by atoms with Gasteiger partial charge < -0.3 is 0 Å². The maximum atomic E-state index is 13.0. The summed E-state index contributed by atoms with van der Waals surface area (Å²) in [7, 11) is -4.91. The SMILES string of the molecule is CC(=O)C(=C1C=CC(=NOS(=O)(=O)c2cc([N+](=O)[O-])cc(C(F)(F)F)c2)S1)c1ccccc1. The Hall–Kier alpha value is -3.45. The minimum absolute atomic E-state index is 0.00438. The molecule has 0 aromatic heterocycles. The van der Waals surface area contributed by atoms with E-state index in [0.717, 1.165) is 11.8 Å². The number of benzene rings is 2. The van der Waals surface area contributed by atoms with Crippen molar-refractivity contribution in [2.75, 3.05) is 0 Å². The zero-order valence-corrected chi connectivity index (χ0v) is 18.2. The molecule has 0 saturated carbocycles. The summed E-state index contributed by atoms with van der Waals surface area (Å²) in [4.78, 5) is 21.3. The summed E-state index contributed by atoms with van der Waals surface area (Å²) in [5.74, 6) is -0.251. The molecular weight excluding hydrogens is 485 g/mol. The molecular formula is C20H13F3N2O6S2. The van der Waals surface area contributed by atoms with E-state index in [-0.39, 0.29) is 23.0 Å². The van der Waals surface area contributed by atoms with Crippen LogP contribution < -0.4 is 0 Å². The highest BCUT2D eigenvalue weighted by Gasteiger charge is 2.35. The molecule has 0 N–H and O–H groups in total. The van der Waals surface area contributed by atoms with Crippen LogP contribution in [0.15, 0.2) is 75.6 Å². The number of Topliss-reactive ketones (excluding diaryl/α,β-unsaturated/α-hetero) is 1. The third kappa shape index (κ3) is 5.68. The highest BCUT2D eigenvalue weighted by molar-refractivity contribution is 8.18. The van der Waals surface area contributed by atoms with E-state index >= 15 is 0 Å². The van der Waals surface area contributed by atoms with Crippen LogP contribution in [0.1, 0.15) is 18.1 Å². The van der Waals surface area contributed by atoms with Gasteiger partial charge in [0.1, 0.15) is 9.94 Å². The van der Waals surface area contributed by atoms with Gasteiger partial charge in [0, 0.05) is 22.6 Å². The molecule has 1 aliphatic heterocycles. The van der Waals surface area contributed by atoms with Gasteiger partial charge in [0.15, 0.2) is 5.78 Å². The summed E-state index contributed by atoms with van der Waals surface area (Å²) in [5, 5.41) is 14.4. The first kappa shape index (κ1) is 24.2. The molecule has 0 saturated heterocycles. The highest BCUT2D eigenvalue weighted by atomic mass is 32.2. The molecule has 0 radical (unpaired) electrons. The Morgan fingerprint density at radius 1 is 1.12 bits per heavy atom. The molecule has 0 amide bonds. The highest BCUT2D eigenvalue weighted by Crippen LogP contribution is 2.36. The first-order chi connectivity index (χ1) is 15.4. The van der Waals surface area contributed by atoms with Gasteiger partial charge in [-0.25, -0.2) is 0 Å². The number of carbonyl (C=O) groups is 1. The fourth-order valence-electron chi connectivity index (χ4n) is 2.76. The number of carbonyl (C=O) groups excluding carboxylic acids is 1. The summed E-state index contributed by atoms with van der Waals surface area (Å²) in [5.41, 5.74) is -1.61. The quantitative estimate of drug-likeness (QED) is 0.315. The summed E-state index contributed by atoms with van der Waals surface area (Å²) in [6, 6.07) is 9.55. The molecule has 8 nitrogen and oxygen atoms in total. The second-order valence-corrected chi connectivity index (χ2v) is 9.12. The zero-order chi connectivity index (χ0) is 24.4. The van der Waals surface area contributed by atoms with Crippen LogP contribution in [-0.4, -0.2) is 24.2 Å². The third-order valence-electron chi connectivity index (χ3n) is 4.20. The van der Waals surface area contributed by atoms with Crippen molar-refractivity contribution in [1.82, 2.24) is 0 Å². The third-order valence-corrected chi connectivity index (χ3v) is 6.26. The lowest BCUT2D eigenvalue weighted by molar-refractivity contribution is -0.385. The number of halogens is 3. The number of thioether (sulfide) groups is 1. The van der Waals surface area contributed by atoms with Crippen LogP contribution >= 0.6 is 11.8 Å². The van der Waals surface area contributed by atoms with E-state index in [9.17, 15) is 36.5 Å². The summed E-state index contributed by atoms with van der Waals surface area (Å²) < 4.78 is 68.3. The Morgan fingerprint density at radius 2 is 1.79 bits per heavy atom. The molecule has 0 aliphatic carbocycles. The molecule has 2 aromatic carbocycles. The fraction of sp³-hybridized carbons (Fsp3) is 0.100. The maximum Gasteiger partial charge on any atom is 0.416 e. The van der Waals surface area contributed by atoms with Crippen molar-refractivity contribution in [1.29, 1.82) is 0 Å². The van der Waals surface area contributed by atoms with E-state index in [1.54, 1.807) is 30.3 Å². The monoisotopic (exact) mass is 498 g/mol. The van der Waals surface area contributed by atoms with Gasteiger partial charge in [-0.2, -0.15) is 21.6 Å². The Balaban J connectivity index is 1.90. The van der Waals surface area contributed by atoms with Crippen LogP contribution in [0.2, 0.25) is 0 Å². The van der Waals surface area contributed by atoms with Crippen LogP contribution in [0.4, 0.5) is 18.9 Å². The van der Waals surface area contributed by atoms with Crippen molar-refractivity contribution in [3.8, 4) is 0 Å². The zero-order valence-electron chi connectivity index (χ0n) is 16.6. The van der Waals surface area contributed by atoms with E-state index < -0.39 is 37.4 Å². The topological polar surface area (TPSA) is 116 Å². The van der Waals surface area contributed by atoms with Gasteiger partial charge >= 0.3 is 16.3 Å². The molecule has 0 atom stereocenters. The van der Waals surface area contributed by atoms with Gasteiger partial charge in [-0.15, -0.1) is 0 Å². The number of nitrogens with zero attached hydrogens (tertiary/aromatic N) is 2. The lowest BCUT2D eigenvalue weighted by Crippen LogP contribution is -2.10. The largest absolute Gasteiger partial charge is 0.416 e. The smallest absolute Gasteiger partial charge is 0.294 e. The number of hydrogen-bond acceptors (Lipinski definition) is 8. The molecule has 0 spiro atoms. The van der Waals surface area contributed by atoms with Crippen LogP contribution in [0.3, 0.4) is 0 Å². The molecule has 0 bridgehead atoms. The number of alkyl halides is 3. The van der Waals surface area contributed by atoms with Crippen molar-refractivity contribution in [2.45, 2.75) is 18.0 Å². The maximum absolute atomic E-state index is 13.0. The van der Waals surface area contributed by atoms with Crippen LogP contribution in [0.25, 0.3) is 5.57 Å². The molecule has 3 rings (SSSR count). The number of nitro benzene ring substituents is 1. The van der Waals surface area contributed by atoms with Gasteiger partial charge in [-0.3, -0.25) is 19.2 Å². The lowest BCUT2D eigenvalue weighted by atomic mass is 10.0. The molecule has 2 aromatic rings. The van der Waals surface area contributed by atoms with Gasteiger partial charge in [-0.05, 0) is 30.7 Å². The van der Waals surface area contributed by atoms with E-state index in [0.29, 0.717) is 22.1 Å². The van der Waals surface area contributed by atoms with E-state index in [2.05, 4.69) is 9.44 Å². The van der Waals surface area contributed by atoms with E-state index in [1.807, 2.05) is 0 Å². The number of oxime groups is 1. The Kier molecular flexibility index (Phi) is 6.74. The molecule has 1 heterocycles. The molecule has 13 heteroatoms. The van der Waals surface area contributed by atoms with Gasteiger partial charge in [-0.1, -0.05) is 47.2 Å². The van der Waals surface area contributed by atoms with E-state index in [4.69, 9.17) is 0 Å². The van der Waals surface area contributed by atoms with Crippen LogP contribution in [0.5, 0.6) is 0 Å². The van der Waals surface area contributed by atoms with Gasteiger partial charge in [0.2, 0.25) is 0 Å². The molecule has 1 aliphatic rings. The van der Waals surface area contributed by atoms with Gasteiger partial charge in [0.25, 0.3) is 5.69 Å². The fourth-order valence-corrected chi connectivity index (χ4v) is 4.54. The Bertz CT molecular complexity index is 1320. The number of non-ortho nitro benzene ring substituents is 1. The van der Waals surface area contributed by atoms with Crippen molar-refractivity contribution < 1.29 is 35.6 Å². The average Bonchev–Trinajstić information content (AvgIpc) is 3.20. The first-order valence-corrected chi connectivity index (χ1v) is 11.2. The minimum atomic E-state index is -5.02. The molecule has 172 valence electrons. The number of hydrogen-bond donors (Lipinski definition) is 0. The Labute approximate surface area is 189 Å². The predicted molar refractivity (Wildman–Crippen MR) is 115 cm³/mol. The van der Waals surface area contributed by atoms with Crippen molar-refractivity contribution in [3.05, 3.63) is 86.8 Å². The second-order valence-electron chi connectivity index (χ2n) is 6.53. The minimum Gasteiger partial charge on any atom is -0.294 e. The lowest BCUT2D eigenvalue weighted by Gasteiger charge is -2.09. The van der Waals surface area contributed by atoms with Gasteiger partial charge in [0.05, 0.1) is 10.5 Å². The normalized spacial score (nSPS) is 16.7. The van der Waals surface area contributed by atoms with Crippen molar-refractivity contribution >= 4 is 44.0 Å². The van der Waals surface area contributed by atoms with Crippen LogP contribution in [-0.2, 0) is 25.4 Å². The number of ketones is 1. The Morgan fingerprint density at radius 3 is 2.36 bits per heavy atom. The summed E-state index contributed by atoms with van der Waals surface area (Å²) in [6.45, 7) is 1.36.